The summed E-state index contributed by atoms with van der Waals surface area (Å²) in [5.41, 5.74) is 2.24. The molecular weight excluding hydrogens is 250 g/mol. The maximum absolute atomic E-state index is 4.34. The molecule has 0 saturated carbocycles. The number of nitrogens with zero attached hydrogens (tertiary/aromatic N) is 4. The van der Waals surface area contributed by atoms with Crippen LogP contribution < -0.4 is 5.32 Å². The van der Waals surface area contributed by atoms with Crippen LogP contribution in [0.25, 0.3) is 5.78 Å². The lowest BCUT2D eigenvalue weighted by Gasteiger charge is -2.16. The first kappa shape index (κ1) is 12.6. The van der Waals surface area contributed by atoms with Crippen molar-refractivity contribution < 1.29 is 0 Å². The van der Waals surface area contributed by atoms with Crippen molar-refractivity contribution in [3.63, 3.8) is 0 Å². The third kappa shape index (κ3) is 2.61. The second-order valence-electron chi connectivity index (χ2n) is 4.99. The van der Waals surface area contributed by atoms with E-state index in [1.165, 1.54) is 11.9 Å². The van der Waals surface area contributed by atoms with Gasteiger partial charge in [0.1, 0.15) is 12.1 Å². The molecule has 20 heavy (non-hydrogen) atoms. The number of fused-ring (bicyclic) bond motifs is 1. The first-order valence-electron chi connectivity index (χ1n) is 6.70. The van der Waals surface area contributed by atoms with Crippen LogP contribution in [-0.4, -0.2) is 25.6 Å². The molecule has 102 valence electrons. The molecule has 2 heterocycles. The Morgan fingerprint density at radius 3 is 2.85 bits per heavy atom. The topological polar surface area (TPSA) is 55.1 Å². The second-order valence-corrected chi connectivity index (χ2v) is 4.99. The lowest BCUT2D eigenvalue weighted by Crippen LogP contribution is -2.20. The van der Waals surface area contributed by atoms with Crippen molar-refractivity contribution in [2.45, 2.75) is 26.3 Å². The number of nitrogens with one attached hydrogen (secondary N) is 1. The van der Waals surface area contributed by atoms with Gasteiger partial charge in [-0.2, -0.15) is 14.6 Å². The minimum atomic E-state index is 0.298. The second kappa shape index (κ2) is 5.28. The summed E-state index contributed by atoms with van der Waals surface area (Å²) in [7, 11) is 0. The summed E-state index contributed by atoms with van der Waals surface area (Å²) >= 11 is 0. The largest absolute Gasteiger partial charge is 0.367 e. The summed E-state index contributed by atoms with van der Waals surface area (Å²) in [5.74, 6) is 1.55. The fourth-order valence-corrected chi connectivity index (χ4v) is 2.30. The van der Waals surface area contributed by atoms with Gasteiger partial charge in [-0.3, -0.25) is 0 Å². The molecule has 1 aromatic carbocycles. The van der Waals surface area contributed by atoms with Crippen LogP contribution in [-0.2, 0) is 6.42 Å². The van der Waals surface area contributed by atoms with Crippen LogP contribution in [0.4, 0.5) is 5.82 Å². The van der Waals surface area contributed by atoms with Crippen LogP contribution in [0.3, 0.4) is 0 Å². The smallest absolute Gasteiger partial charge is 0.254 e. The molecule has 0 aliphatic rings. The van der Waals surface area contributed by atoms with Gasteiger partial charge in [0.2, 0.25) is 0 Å². The molecule has 0 amide bonds. The first-order valence-corrected chi connectivity index (χ1v) is 6.70. The van der Waals surface area contributed by atoms with Crippen LogP contribution in [0.1, 0.15) is 18.2 Å². The van der Waals surface area contributed by atoms with Crippen molar-refractivity contribution in [1.82, 2.24) is 19.6 Å². The van der Waals surface area contributed by atoms with Crippen LogP contribution >= 0.6 is 0 Å². The molecule has 5 heteroatoms. The molecule has 0 aliphatic heterocycles. The van der Waals surface area contributed by atoms with Crippen molar-refractivity contribution >= 4 is 11.6 Å². The van der Waals surface area contributed by atoms with Gasteiger partial charge in [-0.25, -0.2) is 4.98 Å². The highest BCUT2D eigenvalue weighted by Gasteiger charge is 2.09. The summed E-state index contributed by atoms with van der Waals surface area (Å²) in [6, 6.07) is 12.7. The van der Waals surface area contributed by atoms with Gasteiger partial charge in [-0.05, 0) is 25.8 Å². The predicted octanol–water partition coefficient (Wildman–Crippen LogP) is 2.48. The van der Waals surface area contributed by atoms with Gasteiger partial charge in [0, 0.05) is 17.8 Å². The lowest BCUT2D eigenvalue weighted by molar-refractivity contribution is 0.770. The molecule has 0 radical (unpaired) electrons. The molecule has 2 aromatic heterocycles. The Kier molecular flexibility index (Phi) is 3.33. The zero-order chi connectivity index (χ0) is 13.9. The molecule has 0 fully saturated rings. The van der Waals surface area contributed by atoms with E-state index in [0.717, 1.165) is 17.9 Å². The van der Waals surface area contributed by atoms with E-state index in [0.29, 0.717) is 11.8 Å². The average Bonchev–Trinajstić information content (AvgIpc) is 2.88. The Labute approximate surface area is 117 Å². The molecular formula is C15H17N5. The number of anilines is 1. The number of rotatable bonds is 4. The fraction of sp³-hybridized carbons (Fsp3) is 0.267. The van der Waals surface area contributed by atoms with Gasteiger partial charge in [-0.1, -0.05) is 30.3 Å². The van der Waals surface area contributed by atoms with Gasteiger partial charge in [0.25, 0.3) is 5.78 Å². The van der Waals surface area contributed by atoms with E-state index < -0.39 is 0 Å². The highest BCUT2D eigenvalue weighted by atomic mass is 15.4. The number of benzene rings is 1. The molecule has 3 rings (SSSR count). The number of aromatic nitrogens is 4. The van der Waals surface area contributed by atoms with Crippen LogP contribution in [0.2, 0.25) is 0 Å². The van der Waals surface area contributed by atoms with E-state index in [1.807, 2.05) is 19.1 Å². The van der Waals surface area contributed by atoms with Crippen LogP contribution in [0.15, 0.2) is 42.7 Å². The molecule has 1 unspecified atom stereocenters. The third-order valence-electron chi connectivity index (χ3n) is 3.16. The van der Waals surface area contributed by atoms with Crippen LogP contribution in [0, 0.1) is 6.92 Å². The van der Waals surface area contributed by atoms with E-state index in [4.69, 9.17) is 0 Å². The van der Waals surface area contributed by atoms with Crippen molar-refractivity contribution in [3.05, 3.63) is 54.0 Å². The lowest BCUT2D eigenvalue weighted by atomic mass is 10.1. The first-order chi connectivity index (χ1) is 9.72. The SMILES string of the molecule is Cc1cc(NC(C)Cc2ccccc2)n2ncnc2n1. The van der Waals surface area contributed by atoms with E-state index in [1.54, 1.807) is 4.52 Å². The van der Waals surface area contributed by atoms with Gasteiger partial charge in [0.05, 0.1) is 0 Å². The molecule has 0 bridgehead atoms. The van der Waals surface area contributed by atoms with E-state index in [9.17, 15) is 0 Å². The summed E-state index contributed by atoms with van der Waals surface area (Å²) in [5, 5.41) is 7.68. The van der Waals surface area contributed by atoms with Gasteiger partial charge in [-0.15, -0.1) is 0 Å². The Morgan fingerprint density at radius 2 is 2.05 bits per heavy atom. The van der Waals surface area contributed by atoms with Crippen molar-refractivity contribution in [1.29, 1.82) is 0 Å². The van der Waals surface area contributed by atoms with Gasteiger partial charge < -0.3 is 5.32 Å². The number of hydrogen-bond acceptors (Lipinski definition) is 4. The quantitative estimate of drug-likeness (QED) is 0.789. The molecule has 0 aliphatic carbocycles. The monoisotopic (exact) mass is 267 g/mol. The number of hydrogen-bond donors (Lipinski definition) is 1. The molecule has 0 saturated heterocycles. The minimum Gasteiger partial charge on any atom is -0.367 e. The highest BCUT2D eigenvalue weighted by molar-refractivity contribution is 5.45. The zero-order valence-corrected chi connectivity index (χ0v) is 11.6. The summed E-state index contributed by atoms with van der Waals surface area (Å²) in [6.45, 7) is 4.12. The summed E-state index contributed by atoms with van der Waals surface area (Å²) in [4.78, 5) is 8.47. The molecule has 1 atom stereocenters. The predicted molar refractivity (Wildman–Crippen MR) is 78.7 cm³/mol. The maximum Gasteiger partial charge on any atom is 0.254 e. The molecule has 3 aromatic rings. The molecule has 0 spiro atoms. The maximum atomic E-state index is 4.34. The fourth-order valence-electron chi connectivity index (χ4n) is 2.30. The van der Waals surface area contributed by atoms with Crippen molar-refractivity contribution in [2.24, 2.45) is 0 Å². The Balaban J connectivity index is 1.80. The average molecular weight is 267 g/mol. The zero-order valence-electron chi connectivity index (χ0n) is 11.6. The van der Waals surface area contributed by atoms with Crippen molar-refractivity contribution in [3.8, 4) is 0 Å². The minimum absolute atomic E-state index is 0.298. The molecule has 1 N–H and O–H groups in total. The Morgan fingerprint density at radius 1 is 1.25 bits per heavy atom. The van der Waals surface area contributed by atoms with Crippen LogP contribution in [0.5, 0.6) is 0 Å². The van der Waals surface area contributed by atoms with E-state index in [-0.39, 0.29) is 0 Å². The normalized spacial score (nSPS) is 12.5. The summed E-state index contributed by atoms with van der Waals surface area (Å²) in [6.07, 6.45) is 2.48. The standard InChI is InChI=1S/C15H17N5/c1-11(8-13-6-4-3-5-7-13)18-14-9-12(2)19-15-16-10-17-20(14)15/h3-7,9-11,18H,8H2,1-2H3. The van der Waals surface area contributed by atoms with E-state index >= 15 is 0 Å². The van der Waals surface area contributed by atoms with Gasteiger partial charge in [0.15, 0.2) is 0 Å². The highest BCUT2D eigenvalue weighted by Crippen LogP contribution is 2.13. The van der Waals surface area contributed by atoms with Crippen molar-refractivity contribution in [2.75, 3.05) is 5.32 Å². The Bertz CT molecular complexity index is 705. The molecule has 5 nitrogen and oxygen atoms in total. The third-order valence-corrected chi connectivity index (χ3v) is 3.16. The number of aryl methyl sites for hydroxylation is 1. The van der Waals surface area contributed by atoms with E-state index in [2.05, 4.69) is 51.6 Å². The summed E-state index contributed by atoms with van der Waals surface area (Å²) < 4.78 is 1.73. The van der Waals surface area contributed by atoms with Gasteiger partial charge >= 0.3 is 0 Å². The Hall–Kier alpha value is -2.43.